The van der Waals surface area contributed by atoms with E-state index in [0.29, 0.717) is 5.25 Å². The van der Waals surface area contributed by atoms with E-state index in [1.165, 1.54) is 18.6 Å². The van der Waals surface area contributed by atoms with Gasteiger partial charge in [-0.15, -0.1) is 0 Å². The summed E-state index contributed by atoms with van der Waals surface area (Å²) in [5, 5.41) is 15.0. The van der Waals surface area contributed by atoms with E-state index in [0.717, 1.165) is 19.3 Å². The van der Waals surface area contributed by atoms with E-state index in [4.69, 9.17) is 11.6 Å². The molecule has 5 nitrogen and oxygen atoms in total. The molecule has 0 spiro atoms. The first-order chi connectivity index (χ1) is 9.10. The predicted octanol–water partition coefficient (Wildman–Crippen LogP) is 3.73. The first-order valence-electron chi connectivity index (χ1n) is 6.20. The number of pyridine rings is 1. The Kier molecular flexibility index (Phi) is 4.87. The van der Waals surface area contributed by atoms with E-state index >= 15 is 0 Å². The molecule has 1 N–H and O–H groups in total. The highest BCUT2D eigenvalue weighted by atomic mass is 35.5. The van der Waals surface area contributed by atoms with Crippen LogP contribution in [-0.4, -0.2) is 27.5 Å². The van der Waals surface area contributed by atoms with Gasteiger partial charge in [0.1, 0.15) is 5.15 Å². The van der Waals surface area contributed by atoms with Crippen LogP contribution in [0.15, 0.2) is 12.1 Å². The average molecular weight is 302 g/mol. The summed E-state index contributed by atoms with van der Waals surface area (Å²) in [5.74, 6) is 0.282. The lowest BCUT2D eigenvalue weighted by Gasteiger charge is -2.28. The number of hydrogen-bond acceptors (Lipinski definition) is 5. The molecule has 1 fully saturated rings. The van der Waals surface area contributed by atoms with Gasteiger partial charge in [-0.2, -0.15) is 11.8 Å². The molecule has 2 unspecified atom stereocenters. The molecule has 2 atom stereocenters. The van der Waals surface area contributed by atoms with Crippen molar-refractivity contribution in [2.45, 2.75) is 37.0 Å². The Labute approximate surface area is 121 Å². The van der Waals surface area contributed by atoms with Crippen molar-refractivity contribution in [1.82, 2.24) is 4.98 Å². The van der Waals surface area contributed by atoms with Crippen LogP contribution in [0.2, 0.25) is 5.15 Å². The van der Waals surface area contributed by atoms with Crippen LogP contribution in [0.5, 0.6) is 0 Å². The van der Waals surface area contributed by atoms with Crippen LogP contribution in [-0.2, 0) is 0 Å². The Morgan fingerprint density at radius 2 is 2.32 bits per heavy atom. The van der Waals surface area contributed by atoms with Crippen LogP contribution in [0.3, 0.4) is 0 Å². The maximum absolute atomic E-state index is 11.0. The number of nitrogens with one attached hydrogen (secondary N) is 1. The van der Waals surface area contributed by atoms with Crippen molar-refractivity contribution in [3.63, 3.8) is 0 Å². The van der Waals surface area contributed by atoms with Gasteiger partial charge in [-0.3, -0.25) is 10.1 Å². The number of anilines is 1. The molecule has 7 heteroatoms. The van der Waals surface area contributed by atoms with Crippen LogP contribution in [0.25, 0.3) is 0 Å². The summed E-state index contributed by atoms with van der Waals surface area (Å²) in [7, 11) is 0. The highest BCUT2D eigenvalue weighted by molar-refractivity contribution is 7.99. The van der Waals surface area contributed by atoms with Crippen LogP contribution >= 0.6 is 23.4 Å². The third-order valence-corrected chi connectivity index (χ3v) is 4.64. The number of aromatic nitrogens is 1. The number of nitro groups is 1. The number of rotatable bonds is 4. The molecular weight excluding hydrogens is 286 g/mol. The molecule has 2 rings (SSSR count). The lowest BCUT2D eigenvalue weighted by atomic mass is 9.95. The van der Waals surface area contributed by atoms with Crippen LogP contribution in [0, 0.1) is 10.1 Å². The molecule has 1 aliphatic carbocycles. The molecule has 0 radical (unpaired) electrons. The Hall–Kier alpha value is -1.01. The normalized spacial score (nSPS) is 23.1. The lowest BCUT2D eigenvalue weighted by Crippen LogP contribution is -2.29. The third kappa shape index (κ3) is 3.73. The van der Waals surface area contributed by atoms with E-state index < -0.39 is 4.92 Å². The number of hydrogen-bond donors (Lipinski definition) is 1. The van der Waals surface area contributed by atoms with Gasteiger partial charge in [0.05, 0.1) is 4.92 Å². The molecule has 0 aromatic carbocycles. The minimum absolute atomic E-state index is 0.0179. The topological polar surface area (TPSA) is 68.1 Å². The zero-order valence-electron chi connectivity index (χ0n) is 10.6. The highest BCUT2D eigenvalue weighted by Crippen LogP contribution is 2.31. The molecule has 1 heterocycles. The average Bonchev–Trinajstić information content (AvgIpc) is 2.38. The van der Waals surface area contributed by atoms with Crippen LogP contribution < -0.4 is 5.32 Å². The number of thioether (sulfide) groups is 1. The maximum atomic E-state index is 11.0. The Bertz CT molecular complexity index is 472. The standard InChI is InChI=1S/C12H16ClN3O2S/c1-19-9-4-2-3-8(7-9)14-12-10(16(17)18)5-6-11(13)15-12/h5-6,8-9H,2-4,7H2,1H3,(H,14,15). The summed E-state index contributed by atoms with van der Waals surface area (Å²) in [6.07, 6.45) is 6.48. The Balaban J connectivity index is 2.13. The SMILES string of the molecule is CSC1CCCC(Nc2nc(Cl)ccc2[N+](=O)[O-])C1. The van der Waals surface area contributed by atoms with E-state index in [1.54, 1.807) is 0 Å². The maximum Gasteiger partial charge on any atom is 0.311 e. The van der Waals surface area contributed by atoms with Gasteiger partial charge in [0.2, 0.25) is 5.82 Å². The van der Waals surface area contributed by atoms with Gasteiger partial charge in [0.25, 0.3) is 0 Å². The van der Waals surface area contributed by atoms with E-state index in [2.05, 4.69) is 16.6 Å². The van der Waals surface area contributed by atoms with E-state index in [9.17, 15) is 10.1 Å². The van der Waals surface area contributed by atoms with Gasteiger partial charge >= 0.3 is 5.69 Å². The first-order valence-corrected chi connectivity index (χ1v) is 7.87. The summed E-state index contributed by atoms with van der Waals surface area (Å²) >= 11 is 7.67. The molecule has 0 saturated heterocycles. The molecule has 0 aliphatic heterocycles. The van der Waals surface area contributed by atoms with Crippen LogP contribution in [0.4, 0.5) is 11.5 Å². The van der Waals surface area contributed by atoms with Gasteiger partial charge < -0.3 is 5.32 Å². The van der Waals surface area contributed by atoms with Crippen molar-refractivity contribution in [3.8, 4) is 0 Å². The molecule has 1 saturated carbocycles. The van der Waals surface area contributed by atoms with Crippen molar-refractivity contribution in [2.75, 3.05) is 11.6 Å². The molecule has 1 aromatic heterocycles. The fraction of sp³-hybridized carbons (Fsp3) is 0.583. The summed E-state index contributed by atoms with van der Waals surface area (Å²) in [5.41, 5.74) is -0.0179. The molecule has 1 aromatic rings. The molecule has 0 bridgehead atoms. The predicted molar refractivity (Wildman–Crippen MR) is 79.1 cm³/mol. The monoisotopic (exact) mass is 301 g/mol. The zero-order chi connectivity index (χ0) is 13.8. The van der Waals surface area contributed by atoms with Crippen LogP contribution in [0.1, 0.15) is 25.7 Å². The van der Waals surface area contributed by atoms with Crippen molar-refractivity contribution in [2.24, 2.45) is 0 Å². The van der Waals surface area contributed by atoms with Crippen molar-refractivity contribution in [3.05, 3.63) is 27.4 Å². The van der Waals surface area contributed by atoms with Gasteiger partial charge in [0, 0.05) is 17.4 Å². The van der Waals surface area contributed by atoms with Gasteiger partial charge in [-0.25, -0.2) is 4.98 Å². The fourth-order valence-corrected chi connectivity index (χ4v) is 3.34. The van der Waals surface area contributed by atoms with E-state index in [-0.39, 0.29) is 22.7 Å². The summed E-state index contributed by atoms with van der Waals surface area (Å²) < 4.78 is 0. The molecule has 19 heavy (non-hydrogen) atoms. The zero-order valence-corrected chi connectivity index (χ0v) is 12.2. The van der Waals surface area contributed by atoms with Gasteiger partial charge in [-0.1, -0.05) is 18.0 Å². The minimum atomic E-state index is -0.430. The van der Waals surface area contributed by atoms with Gasteiger partial charge in [-0.05, 0) is 31.6 Å². The van der Waals surface area contributed by atoms with Crippen molar-refractivity contribution < 1.29 is 4.92 Å². The second-order valence-corrected chi connectivity index (χ2v) is 6.15. The smallest absolute Gasteiger partial charge is 0.311 e. The molecule has 0 amide bonds. The molecule has 1 aliphatic rings. The summed E-state index contributed by atoms with van der Waals surface area (Å²) in [4.78, 5) is 14.6. The third-order valence-electron chi connectivity index (χ3n) is 3.34. The molecular formula is C12H16ClN3O2S. The highest BCUT2D eigenvalue weighted by Gasteiger charge is 2.24. The van der Waals surface area contributed by atoms with Gasteiger partial charge in [0.15, 0.2) is 0 Å². The minimum Gasteiger partial charge on any atom is -0.362 e. The summed E-state index contributed by atoms with van der Waals surface area (Å²) in [6.45, 7) is 0. The fourth-order valence-electron chi connectivity index (χ4n) is 2.37. The second kappa shape index (κ2) is 6.43. The number of nitrogens with zero attached hydrogens (tertiary/aromatic N) is 2. The Morgan fingerprint density at radius 1 is 1.53 bits per heavy atom. The first kappa shape index (κ1) is 14.4. The largest absolute Gasteiger partial charge is 0.362 e. The Morgan fingerprint density at radius 3 is 3.00 bits per heavy atom. The molecule has 104 valence electrons. The number of halogens is 1. The quantitative estimate of drug-likeness (QED) is 0.521. The van der Waals surface area contributed by atoms with Crippen molar-refractivity contribution in [1.29, 1.82) is 0 Å². The summed E-state index contributed by atoms with van der Waals surface area (Å²) in [6, 6.07) is 3.07. The van der Waals surface area contributed by atoms with Crippen molar-refractivity contribution >= 4 is 34.9 Å². The second-order valence-electron chi connectivity index (χ2n) is 4.62. The van der Waals surface area contributed by atoms with E-state index in [1.807, 2.05) is 11.8 Å². The lowest BCUT2D eigenvalue weighted by molar-refractivity contribution is -0.384.